The van der Waals surface area contributed by atoms with Crippen molar-refractivity contribution in [1.29, 1.82) is 0 Å². The van der Waals surface area contributed by atoms with Gasteiger partial charge in [0.25, 0.3) is 11.8 Å². The normalized spacial score (nSPS) is 15.6. The van der Waals surface area contributed by atoms with Gasteiger partial charge in [-0.25, -0.2) is 0 Å². The SMILES string of the molecule is O=C(CCCCCN1C(=O)C(=Cc2ccc3c(c2)OCO3)SC1=S)NNC(=O)c1ccccc1. The molecule has 2 aromatic carbocycles. The third-order valence-corrected chi connectivity index (χ3v) is 6.58. The quantitative estimate of drug-likeness (QED) is 0.249. The number of hydrazine groups is 1. The number of hydrogen-bond acceptors (Lipinski definition) is 7. The van der Waals surface area contributed by atoms with Crippen LogP contribution < -0.4 is 20.3 Å². The number of carbonyl (C=O) groups is 3. The van der Waals surface area contributed by atoms with Crippen LogP contribution >= 0.6 is 24.0 Å². The predicted octanol–water partition coefficient (Wildman–Crippen LogP) is 3.64. The maximum Gasteiger partial charge on any atom is 0.269 e. The second-order valence-corrected chi connectivity index (χ2v) is 9.30. The number of benzene rings is 2. The van der Waals surface area contributed by atoms with Crippen LogP contribution in [-0.4, -0.2) is 40.3 Å². The number of thiocarbonyl (C=S) groups is 1. The molecule has 2 aliphatic heterocycles. The lowest BCUT2D eigenvalue weighted by Crippen LogP contribution is -2.41. The van der Waals surface area contributed by atoms with E-state index in [0.717, 1.165) is 12.0 Å². The van der Waals surface area contributed by atoms with Gasteiger partial charge in [0, 0.05) is 18.5 Å². The molecule has 10 heteroatoms. The maximum absolute atomic E-state index is 12.8. The third-order valence-electron chi connectivity index (χ3n) is 5.20. The summed E-state index contributed by atoms with van der Waals surface area (Å²) in [7, 11) is 0. The fourth-order valence-corrected chi connectivity index (χ4v) is 4.74. The molecular weight excluding hydrogens is 474 g/mol. The fraction of sp³-hybridized carbons (Fsp3) is 0.250. The average molecular weight is 498 g/mol. The van der Waals surface area contributed by atoms with Gasteiger partial charge in [-0.1, -0.05) is 54.7 Å². The molecule has 2 N–H and O–H groups in total. The smallest absolute Gasteiger partial charge is 0.269 e. The summed E-state index contributed by atoms with van der Waals surface area (Å²) in [4.78, 5) is 38.8. The zero-order valence-corrected chi connectivity index (χ0v) is 19.9. The summed E-state index contributed by atoms with van der Waals surface area (Å²) in [5.41, 5.74) is 6.14. The molecule has 3 amide bonds. The van der Waals surface area contributed by atoms with Crippen molar-refractivity contribution in [3.05, 3.63) is 64.6 Å². The van der Waals surface area contributed by atoms with Crippen LogP contribution in [-0.2, 0) is 9.59 Å². The molecule has 0 spiro atoms. The summed E-state index contributed by atoms with van der Waals surface area (Å²) in [6.45, 7) is 0.695. The standard InChI is InChI=1S/C24H23N3O5S2/c28-21(25-26-22(29)17-7-3-1-4-8-17)9-5-2-6-12-27-23(30)20(34-24(27)33)14-16-10-11-18-19(13-16)32-15-31-18/h1,3-4,7-8,10-11,13-14H,2,5-6,9,12,15H2,(H,25,28)(H,26,29). The van der Waals surface area contributed by atoms with Crippen LogP contribution in [0.4, 0.5) is 0 Å². The third kappa shape index (κ3) is 5.95. The van der Waals surface area contributed by atoms with Crippen molar-refractivity contribution in [3.8, 4) is 11.5 Å². The van der Waals surface area contributed by atoms with Gasteiger partial charge in [-0.15, -0.1) is 0 Å². The Morgan fingerprint density at radius 3 is 2.65 bits per heavy atom. The highest BCUT2D eigenvalue weighted by molar-refractivity contribution is 8.26. The molecule has 0 unspecified atom stereocenters. The lowest BCUT2D eigenvalue weighted by Gasteiger charge is -2.14. The molecule has 0 aliphatic carbocycles. The molecular formula is C24H23N3O5S2. The number of carbonyl (C=O) groups excluding carboxylic acids is 3. The van der Waals surface area contributed by atoms with Crippen molar-refractivity contribution in [2.45, 2.75) is 25.7 Å². The van der Waals surface area contributed by atoms with E-state index >= 15 is 0 Å². The predicted molar refractivity (Wildman–Crippen MR) is 133 cm³/mol. The van der Waals surface area contributed by atoms with Crippen molar-refractivity contribution in [3.63, 3.8) is 0 Å². The molecule has 1 saturated heterocycles. The fourth-order valence-electron chi connectivity index (χ4n) is 3.43. The lowest BCUT2D eigenvalue weighted by atomic mass is 10.1. The molecule has 2 aromatic rings. The Balaban J connectivity index is 1.17. The highest BCUT2D eigenvalue weighted by Gasteiger charge is 2.31. The van der Waals surface area contributed by atoms with Crippen molar-refractivity contribution >= 4 is 52.1 Å². The molecule has 176 valence electrons. The van der Waals surface area contributed by atoms with E-state index in [1.807, 2.05) is 24.3 Å². The molecule has 34 heavy (non-hydrogen) atoms. The van der Waals surface area contributed by atoms with E-state index in [4.69, 9.17) is 21.7 Å². The van der Waals surface area contributed by atoms with E-state index in [-0.39, 0.29) is 30.9 Å². The van der Waals surface area contributed by atoms with Crippen LogP contribution in [0.2, 0.25) is 0 Å². The Labute approximate surface area is 206 Å². The van der Waals surface area contributed by atoms with Gasteiger partial charge in [0.2, 0.25) is 12.7 Å². The van der Waals surface area contributed by atoms with Crippen molar-refractivity contribution in [2.24, 2.45) is 0 Å². The molecule has 0 aromatic heterocycles. The average Bonchev–Trinajstić information content (AvgIpc) is 3.42. The Hall–Kier alpha value is -3.37. The van der Waals surface area contributed by atoms with Crippen LogP contribution in [0, 0.1) is 0 Å². The van der Waals surface area contributed by atoms with E-state index < -0.39 is 0 Å². The number of nitrogens with zero attached hydrogens (tertiary/aromatic N) is 1. The second-order valence-electron chi connectivity index (χ2n) is 7.63. The Morgan fingerprint density at radius 1 is 1.03 bits per heavy atom. The van der Waals surface area contributed by atoms with Gasteiger partial charge < -0.3 is 9.47 Å². The summed E-state index contributed by atoms with van der Waals surface area (Å²) < 4.78 is 11.2. The zero-order chi connectivity index (χ0) is 23.9. The molecule has 4 rings (SSSR count). The van der Waals surface area contributed by atoms with Crippen LogP contribution in [0.5, 0.6) is 11.5 Å². The Morgan fingerprint density at radius 2 is 1.82 bits per heavy atom. The number of nitrogens with one attached hydrogen (secondary N) is 2. The van der Waals surface area contributed by atoms with Crippen molar-refractivity contribution < 1.29 is 23.9 Å². The number of ether oxygens (including phenoxy) is 2. The highest BCUT2D eigenvalue weighted by atomic mass is 32.2. The minimum atomic E-state index is -0.364. The minimum absolute atomic E-state index is 0.117. The number of unbranched alkanes of at least 4 members (excludes halogenated alkanes) is 2. The first-order chi connectivity index (χ1) is 16.5. The first kappa shape index (κ1) is 23.8. The number of hydrogen-bond donors (Lipinski definition) is 2. The van der Waals surface area contributed by atoms with Crippen molar-refractivity contribution in [2.75, 3.05) is 13.3 Å². The Kier molecular flexibility index (Phi) is 7.81. The molecule has 2 aliphatic rings. The van der Waals surface area contributed by atoms with Crippen molar-refractivity contribution in [1.82, 2.24) is 15.8 Å². The summed E-state index contributed by atoms with van der Waals surface area (Å²) in [5.74, 6) is 0.609. The summed E-state index contributed by atoms with van der Waals surface area (Å²) >= 11 is 6.67. The minimum Gasteiger partial charge on any atom is -0.454 e. The lowest BCUT2D eigenvalue weighted by molar-refractivity contribution is -0.123. The molecule has 8 nitrogen and oxygen atoms in total. The number of rotatable bonds is 8. The zero-order valence-electron chi connectivity index (χ0n) is 18.2. The molecule has 0 bridgehead atoms. The highest BCUT2D eigenvalue weighted by Crippen LogP contribution is 2.36. The molecule has 0 atom stereocenters. The van der Waals surface area contributed by atoms with Gasteiger partial charge in [0.15, 0.2) is 11.5 Å². The first-order valence-corrected chi connectivity index (χ1v) is 12.0. The van der Waals surface area contributed by atoms with Gasteiger partial charge in [-0.05, 0) is 48.7 Å². The van der Waals surface area contributed by atoms with Crippen LogP contribution in [0.15, 0.2) is 53.4 Å². The van der Waals surface area contributed by atoms with Crippen LogP contribution in [0.25, 0.3) is 6.08 Å². The van der Waals surface area contributed by atoms with Gasteiger partial charge in [-0.2, -0.15) is 0 Å². The summed E-state index contributed by atoms with van der Waals surface area (Å²) in [5, 5.41) is 0. The summed E-state index contributed by atoms with van der Waals surface area (Å²) in [6, 6.07) is 14.2. The molecule has 0 radical (unpaired) electrons. The van der Waals surface area contributed by atoms with E-state index in [1.54, 1.807) is 35.2 Å². The maximum atomic E-state index is 12.8. The van der Waals surface area contributed by atoms with E-state index in [1.165, 1.54) is 11.8 Å². The van der Waals surface area contributed by atoms with E-state index in [2.05, 4.69) is 10.9 Å². The first-order valence-electron chi connectivity index (χ1n) is 10.8. The van der Waals surface area contributed by atoms with Gasteiger partial charge in [0.1, 0.15) is 4.32 Å². The van der Waals surface area contributed by atoms with Gasteiger partial charge in [0.05, 0.1) is 4.91 Å². The number of thioether (sulfide) groups is 1. The number of amides is 3. The number of fused-ring (bicyclic) bond motifs is 1. The second kappa shape index (κ2) is 11.2. The molecule has 1 fully saturated rings. The van der Waals surface area contributed by atoms with E-state index in [0.29, 0.717) is 45.7 Å². The Bertz CT molecular complexity index is 1140. The van der Waals surface area contributed by atoms with Crippen LogP contribution in [0.3, 0.4) is 0 Å². The van der Waals surface area contributed by atoms with Gasteiger partial charge >= 0.3 is 0 Å². The summed E-state index contributed by atoms with van der Waals surface area (Å²) in [6.07, 6.45) is 4.17. The monoisotopic (exact) mass is 497 g/mol. The van der Waals surface area contributed by atoms with Gasteiger partial charge in [-0.3, -0.25) is 30.1 Å². The van der Waals surface area contributed by atoms with Crippen LogP contribution in [0.1, 0.15) is 41.6 Å². The van der Waals surface area contributed by atoms with E-state index in [9.17, 15) is 14.4 Å². The molecule has 0 saturated carbocycles. The topological polar surface area (TPSA) is 97.0 Å². The largest absolute Gasteiger partial charge is 0.454 e. The molecule has 2 heterocycles.